The van der Waals surface area contributed by atoms with Gasteiger partial charge in [0, 0.05) is 11.1 Å². The molecule has 0 aliphatic carbocycles. The van der Waals surface area contributed by atoms with Gasteiger partial charge in [0.2, 0.25) is 0 Å². The number of hydrogen-bond donors (Lipinski definition) is 0. The van der Waals surface area contributed by atoms with Crippen LogP contribution in [0.5, 0.6) is 17.2 Å². The molecule has 1 heterocycles. The molecular weight excluding hydrogens is 352 g/mol. The van der Waals surface area contributed by atoms with Gasteiger partial charge in [-0.25, -0.2) is 0 Å². The van der Waals surface area contributed by atoms with Gasteiger partial charge >= 0.3 is 0 Å². The zero-order chi connectivity index (χ0) is 19.5. The van der Waals surface area contributed by atoms with Gasteiger partial charge in [0.25, 0.3) is 0 Å². The zero-order valence-corrected chi connectivity index (χ0v) is 15.8. The molecule has 0 atom stereocenters. The van der Waals surface area contributed by atoms with Gasteiger partial charge in [-0.1, -0.05) is 36.4 Å². The standard InChI is InChI=1S/C24H20O4/c1-26-23-12-9-18(14-24(23)27-2)21(25)10-7-16-13-20-19-6-4-3-5-17(19)8-11-22(20)28-15-16/h3-14H,15H2,1-2H3/b10-7+. The first kappa shape index (κ1) is 17.9. The van der Waals surface area contributed by atoms with Gasteiger partial charge < -0.3 is 14.2 Å². The van der Waals surface area contributed by atoms with E-state index in [0.717, 1.165) is 27.7 Å². The second-order valence-electron chi connectivity index (χ2n) is 6.47. The van der Waals surface area contributed by atoms with Crippen LogP contribution in [0.2, 0.25) is 0 Å². The quantitative estimate of drug-likeness (QED) is 0.463. The van der Waals surface area contributed by atoms with Crippen LogP contribution < -0.4 is 14.2 Å². The van der Waals surface area contributed by atoms with Crippen molar-refractivity contribution in [3.05, 3.63) is 83.4 Å². The number of allylic oxidation sites excluding steroid dienone is 1. The summed E-state index contributed by atoms with van der Waals surface area (Å²) in [5.74, 6) is 1.88. The monoisotopic (exact) mass is 372 g/mol. The van der Waals surface area contributed by atoms with Crippen molar-refractivity contribution in [1.29, 1.82) is 0 Å². The summed E-state index contributed by atoms with van der Waals surface area (Å²) < 4.78 is 16.4. The summed E-state index contributed by atoms with van der Waals surface area (Å²) in [7, 11) is 3.12. The number of benzene rings is 3. The molecule has 3 aromatic rings. The number of methoxy groups -OCH3 is 2. The Morgan fingerprint density at radius 2 is 1.82 bits per heavy atom. The molecule has 3 aromatic carbocycles. The Labute approximate surface area is 163 Å². The predicted molar refractivity (Wildman–Crippen MR) is 110 cm³/mol. The van der Waals surface area contributed by atoms with Crippen molar-refractivity contribution in [3.8, 4) is 17.2 Å². The van der Waals surface area contributed by atoms with Gasteiger partial charge in [-0.3, -0.25) is 4.79 Å². The lowest BCUT2D eigenvalue weighted by Crippen LogP contribution is -2.06. The summed E-state index contributed by atoms with van der Waals surface area (Å²) in [5.41, 5.74) is 2.53. The average Bonchev–Trinajstić information content (AvgIpc) is 2.76. The fourth-order valence-electron chi connectivity index (χ4n) is 3.30. The van der Waals surface area contributed by atoms with Crippen molar-refractivity contribution >= 4 is 22.6 Å². The molecule has 0 bridgehead atoms. The molecule has 140 valence electrons. The molecule has 0 fully saturated rings. The molecule has 4 nitrogen and oxygen atoms in total. The lowest BCUT2D eigenvalue weighted by atomic mass is 9.99. The minimum Gasteiger partial charge on any atom is -0.493 e. The topological polar surface area (TPSA) is 44.8 Å². The Morgan fingerprint density at radius 3 is 2.64 bits per heavy atom. The third kappa shape index (κ3) is 3.37. The summed E-state index contributed by atoms with van der Waals surface area (Å²) in [6.07, 6.45) is 5.45. The highest BCUT2D eigenvalue weighted by atomic mass is 16.5. The van der Waals surface area contributed by atoms with Crippen molar-refractivity contribution in [3.63, 3.8) is 0 Å². The van der Waals surface area contributed by atoms with Crippen LogP contribution in [-0.4, -0.2) is 26.6 Å². The molecule has 0 spiro atoms. The van der Waals surface area contributed by atoms with E-state index in [1.165, 1.54) is 0 Å². The smallest absolute Gasteiger partial charge is 0.185 e. The second-order valence-corrected chi connectivity index (χ2v) is 6.47. The predicted octanol–water partition coefficient (Wildman–Crippen LogP) is 5.07. The van der Waals surface area contributed by atoms with Crippen LogP contribution >= 0.6 is 0 Å². The fraction of sp³-hybridized carbons (Fsp3) is 0.125. The molecule has 1 aliphatic rings. The molecule has 28 heavy (non-hydrogen) atoms. The molecule has 0 unspecified atom stereocenters. The van der Waals surface area contributed by atoms with Gasteiger partial charge in [-0.05, 0) is 52.8 Å². The Bertz CT molecular complexity index is 1110. The third-order valence-corrected chi connectivity index (χ3v) is 4.77. The first-order valence-electron chi connectivity index (χ1n) is 8.99. The lowest BCUT2D eigenvalue weighted by Gasteiger charge is -2.18. The van der Waals surface area contributed by atoms with Gasteiger partial charge in [-0.15, -0.1) is 0 Å². The maximum atomic E-state index is 12.6. The van der Waals surface area contributed by atoms with Crippen LogP contribution in [0, 0.1) is 0 Å². The van der Waals surface area contributed by atoms with E-state index in [2.05, 4.69) is 24.3 Å². The number of hydrogen-bond acceptors (Lipinski definition) is 4. The summed E-state index contributed by atoms with van der Waals surface area (Å²) in [5, 5.41) is 2.30. The second kappa shape index (κ2) is 7.61. The summed E-state index contributed by atoms with van der Waals surface area (Å²) >= 11 is 0. The van der Waals surface area contributed by atoms with Gasteiger partial charge in [0.05, 0.1) is 14.2 Å². The van der Waals surface area contributed by atoms with E-state index in [0.29, 0.717) is 23.7 Å². The van der Waals surface area contributed by atoms with Crippen LogP contribution in [0.3, 0.4) is 0 Å². The van der Waals surface area contributed by atoms with E-state index in [1.54, 1.807) is 38.5 Å². The highest BCUT2D eigenvalue weighted by Crippen LogP contribution is 2.33. The first-order chi connectivity index (χ1) is 13.7. The van der Waals surface area contributed by atoms with E-state index in [1.807, 2.05) is 24.3 Å². The maximum Gasteiger partial charge on any atom is 0.185 e. The minimum atomic E-state index is -0.106. The largest absolute Gasteiger partial charge is 0.493 e. The Kier molecular flexibility index (Phi) is 4.85. The highest BCUT2D eigenvalue weighted by molar-refractivity contribution is 6.05. The molecule has 0 saturated heterocycles. The van der Waals surface area contributed by atoms with Crippen molar-refractivity contribution in [1.82, 2.24) is 0 Å². The third-order valence-electron chi connectivity index (χ3n) is 4.77. The number of rotatable bonds is 5. The van der Waals surface area contributed by atoms with E-state index in [4.69, 9.17) is 14.2 Å². The Morgan fingerprint density at radius 1 is 1.00 bits per heavy atom. The number of ether oxygens (including phenoxy) is 3. The number of carbonyl (C=O) groups excluding carboxylic acids is 1. The van der Waals surface area contributed by atoms with E-state index < -0.39 is 0 Å². The van der Waals surface area contributed by atoms with Crippen molar-refractivity contribution in [2.24, 2.45) is 0 Å². The molecule has 0 saturated carbocycles. The van der Waals surface area contributed by atoms with Crippen LogP contribution in [-0.2, 0) is 0 Å². The van der Waals surface area contributed by atoms with Crippen LogP contribution in [0.25, 0.3) is 16.8 Å². The zero-order valence-electron chi connectivity index (χ0n) is 15.8. The fourth-order valence-corrected chi connectivity index (χ4v) is 3.30. The molecule has 0 amide bonds. The molecule has 0 aromatic heterocycles. The molecule has 4 heteroatoms. The molecule has 1 aliphatic heterocycles. The molecular formula is C24H20O4. The van der Waals surface area contributed by atoms with Crippen LogP contribution in [0.15, 0.2) is 72.3 Å². The Balaban J connectivity index is 1.61. The normalized spacial score (nSPS) is 13.0. The van der Waals surface area contributed by atoms with Crippen LogP contribution in [0.4, 0.5) is 0 Å². The number of carbonyl (C=O) groups is 1. The molecule has 0 radical (unpaired) electrons. The summed E-state index contributed by atoms with van der Waals surface area (Å²) in [6.45, 7) is 0.432. The lowest BCUT2D eigenvalue weighted by molar-refractivity contribution is 0.104. The van der Waals surface area contributed by atoms with Crippen molar-refractivity contribution in [2.45, 2.75) is 0 Å². The number of ketones is 1. The van der Waals surface area contributed by atoms with E-state index in [-0.39, 0.29) is 5.78 Å². The SMILES string of the molecule is COc1ccc(C(=O)/C=C/C2=Cc3c(ccc4ccccc34)OC2)cc1OC. The number of fused-ring (bicyclic) bond motifs is 3. The van der Waals surface area contributed by atoms with Crippen molar-refractivity contribution in [2.75, 3.05) is 20.8 Å². The molecule has 0 N–H and O–H groups in total. The first-order valence-corrected chi connectivity index (χ1v) is 8.99. The van der Waals surface area contributed by atoms with Gasteiger partial charge in [0.1, 0.15) is 12.4 Å². The summed E-state index contributed by atoms with van der Waals surface area (Å²) in [6, 6.07) is 17.4. The highest BCUT2D eigenvalue weighted by Gasteiger charge is 2.13. The average molecular weight is 372 g/mol. The van der Waals surface area contributed by atoms with Gasteiger partial charge in [0.15, 0.2) is 17.3 Å². The maximum absolute atomic E-state index is 12.6. The van der Waals surface area contributed by atoms with Gasteiger partial charge in [-0.2, -0.15) is 0 Å². The van der Waals surface area contributed by atoms with E-state index >= 15 is 0 Å². The van der Waals surface area contributed by atoms with Crippen molar-refractivity contribution < 1.29 is 19.0 Å². The van der Waals surface area contributed by atoms with Crippen LogP contribution in [0.1, 0.15) is 15.9 Å². The Hall–Kier alpha value is -3.53. The summed E-state index contributed by atoms with van der Waals surface area (Å²) in [4.78, 5) is 12.6. The minimum absolute atomic E-state index is 0.106. The molecule has 4 rings (SSSR count). The van der Waals surface area contributed by atoms with E-state index in [9.17, 15) is 4.79 Å².